The summed E-state index contributed by atoms with van der Waals surface area (Å²) in [4.78, 5) is 20.1. The number of rotatable bonds is 4. The van der Waals surface area contributed by atoms with Gasteiger partial charge >= 0.3 is 6.18 Å². The summed E-state index contributed by atoms with van der Waals surface area (Å²) in [7, 11) is 1.70. The first-order chi connectivity index (χ1) is 10.8. The lowest BCUT2D eigenvalue weighted by atomic mass is 10.1. The van der Waals surface area contributed by atoms with Crippen LogP contribution in [-0.4, -0.2) is 35.1 Å². The van der Waals surface area contributed by atoms with E-state index in [-0.39, 0.29) is 5.56 Å². The van der Waals surface area contributed by atoms with Crippen LogP contribution >= 0.6 is 0 Å². The molecule has 0 bridgehead atoms. The molecule has 0 saturated heterocycles. The van der Waals surface area contributed by atoms with Crippen molar-refractivity contribution in [2.24, 2.45) is 0 Å². The number of nitrogens with one attached hydrogen (secondary N) is 2. The summed E-state index contributed by atoms with van der Waals surface area (Å²) in [6, 6.07) is 4.20. The van der Waals surface area contributed by atoms with E-state index in [4.69, 9.17) is 0 Å². The molecule has 23 heavy (non-hydrogen) atoms. The zero-order valence-corrected chi connectivity index (χ0v) is 12.5. The third-order valence-corrected chi connectivity index (χ3v) is 3.19. The first kappa shape index (κ1) is 16.7. The van der Waals surface area contributed by atoms with Crippen molar-refractivity contribution in [2.75, 3.05) is 12.4 Å². The smallest absolute Gasteiger partial charge is 0.371 e. The quantitative estimate of drug-likeness (QED) is 0.907. The maximum absolute atomic E-state index is 12.5. The Labute approximate surface area is 131 Å². The third-order valence-electron chi connectivity index (χ3n) is 3.19. The van der Waals surface area contributed by atoms with E-state index in [9.17, 15) is 18.0 Å². The molecule has 0 fully saturated rings. The van der Waals surface area contributed by atoms with Crippen LogP contribution in [0.25, 0.3) is 11.3 Å². The molecule has 2 N–H and O–H groups in total. The number of aromatic nitrogens is 2. The van der Waals surface area contributed by atoms with Gasteiger partial charge in [-0.3, -0.25) is 9.78 Å². The number of anilines is 1. The second-order valence-electron chi connectivity index (χ2n) is 4.82. The molecule has 8 heteroatoms. The summed E-state index contributed by atoms with van der Waals surface area (Å²) in [6.45, 7) is 0.894. The number of hydrogen-bond acceptors (Lipinski definition) is 4. The molecule has 1 aromatic carbocycles. The van der Waals surface area contributed by atoms with Crippen molar-refractivity contribution in [3.8, 4) is 11.3 Å². The van der Waals surface area contributed by atoms with Crippen molar-refractivity contribution in [3.63, 3.8) is 0 Å². The molecule has 0 aliphatic heterocycles. The highest BCUT2D eigenvalue weighted by molar-refractivity contribution is 5.95. The van der Waals surface area contributed by atoms with Gasteiger partial charge in [0, 0.05) is 30.6 Å². The highest BCUT2D eigenvalue weighted by Crippen LogP contribution is 2.24. The molecule has 0 aliphatic rings. The molecule has 0 spiro atoms. The van der Waals surface area contributed by atoms with Gasteiger partial charge in [-0.05, 0) is 19.1 Å². The van der Waals surface area contributed by atoms with Crippen LogP contribution in [0, 0.1) is 0 Å². The van der Waals surface area contributed by atoms with E-state index in [1.54, 1.807) is 19.2 Å². The molecule has 1 amide bonds. The van der Waals surface area contributed by atoms with E-state index < -0.39 is 18.1 Å². The summed E-state index contributed by atoms with van der Waals surface area (Å²) in [5.74, 6) is -0.218. The van der Waals surface area contributed by atoms with Gasteiger partial charge in [-0.2, -0.15) is 13.2 Å². The zero-order chi connectivity index (χ0) is 17.0. The second kappa shape index (κ2) is 6.64. The summed E-state index contributed by atoms with van der Waals surface area (Å²) >= 11 is 0. The van der Waals surface area contributed by atoms with Crippen LogP contribution in [0.1, 0.15) is 17.3 Å². The fraction of sp³-hybridized carbons (Fsp3) is 0.267. The van der Waals surface area contributed by atoms with Gasteiger partial charge in [0.25, 0.3) is 5.91 Å². The molecule has 1 heterocycles. The van der Waals surface area contributed by atoms with Crippen molar-refractivity contribution in [1.82, 2.24) is 15.3 Å². The number of carbonyl (C=O) groups is 1. The molecular formula is C15H15F3N4O. The molecule has 0 radical (unpaired) electrons. The van der Waals surface area contributed by atoms with Gasteiger partial charge in [0.05, 0.1) is 0 Å². The Morgan fingerprint density at radius 3 is 2.30 bits per heavy atom. The van der Waals surface area contributed by atoms with Gasteiger partial charge in [0.2, 0.25) is 0 Å². The number of carbonyl (C=O) groups excluding carboxylic acids is 1. The van der Waals surface area contributed by atoms with E-state index in [0.717, 1.165) is 6.92 Å². The van der Waals surface area contributed by atoms with Gasteiger partial charge in [0.15, 0.2) is 5.82 Å². The minimum atomic E-state index is -4.48. The van der Waals surface area contributed by atoms with E-state index in [1.807, 2.05) is 5.32 Å². The number of nitrogens with zero attached hydrogens (tertiary/aromatic N) is 2. The predicted octanol–water partition coefficient (Wildman–Crippen LogP) is 2.87. The summed E-state index contributed by atoms with van der Waals surface area (Å²) in [5.41, 5.74) is 1.42. The Balaban J connectivity index is 2.18. The van der Waals surface area contributed by atoms with Crippen molar-refractivity contribution in [1.29, 1.82) is 0 Å². The monoisotopic (exact) mass is 324 g/mol. The van der Waals surface area contributed by atoms with Crippen molar-refractivity contribution in [2.45, 2.75) is 19.1 Å². The van der Waals surface area contributed by atoms with Gasteiger partial charge < -0.3 is 10.6 Å². The van der Waals surface area contributed by atoms with Crippen LogP contribution in [0.2, 0.25) is 0 Å². The van der Waals surface area contributed by atoms with Gasteiger partial charge in [-0.1, -0.05) is 12.1 Å². The average molecular weight is 324 g/mol. The lowest BCUT2D eigenvalue weighted by molar-refractivity contribution is -0.149. The maximum atomic E-state index is 12.5. The van der Waals surface area contributed by atoms with Gasteiger partial charge in [-0.25, -0.2) is 4.98 Å². The average Bonchev–Trinajstić information content (AvgIpc) is 2.54. The molecule has 1 aromatic heterocycles. The Morgan fingerprint density at radius 2 is 1.74 bits per heavy atom. The molecule has 122 valence electrons. The van der Waals surface area contributed by atoms with Crippen LogP contribution in [0.3, 0.4) is 0 Å². The Morgan fingerprint density at radius 1 is 1.13 bits per heavy atom. The van der Waals surface area contributed by atoms with E-state index in [1.165, 1.54) is 24.5 Å². The minimum absolute atomic E-state index is 0.139. The first-order valence-corrected chi connectivity index (χ1v) is 6.79. The first-order valence-electron chi connectivity index (χ1n) is 6.79. The molecular weight excluding hydrogens is 309 g/mol. The topological polar surface area (TPSA) is 66.9 Å². The Bertz CT molecular complexity index is 686. The van der Waals surface area contributed by atoms with Crippen LogP contribution in [0.5, 0.6) is 0 Å². The third kappa shape index (κ3) is 3.97. The van der Waals surface area contributed by atoms with Gasteiger partial charge in [0.1, 0.15) is 11.7 Å². The van der Waals surface area contributed by atoms with Crippen LogP contribution in [-0.2, 0) is 0 Å². The number of halogens is 3. The molecule has 0 saturated carbocycles. The molecule has 5 nitrogen and oxygen atoms in total. The fourth-order valence-electron chi connectivity index (χ4n) is 1.87. The highest BCUT2D eigenvalue weighted by Gasteiger charge is 2.37. The largest absolute Gasteiger partial charge is 0.408 e. The highest BCUT2D eigenvalue weighted by atomic mass is 19.4. The maximum Gasteiger partial charge on any atom is 0.408 e. The van der Waals surface area contributed by atoms with Gasteiger partial charge in [-0.15, -0.1) is 0 Å². The summed E-state index contributed by atoms with van der Waals surface area (Å²) in [5, 5.41) is 4.81. The van der Waals surface area contributed by atoms with Crippen molar-refractivity contribution in [3.05, 3.63) is 42.2 Å². The zero-order valence-electron chi connectivity index (χ0n) is 12.5. The van der Waals surface area contributed by atoms with E-state index in [2.05, 4.69) is 15.3 Å². The lowest BCUT2D eigenvalue weighted by Crippen LogP contribution is -2.43. The van der Waals surface area contributed by atoms with Crippen LogP contribution in [0.4, 0.5) is 19.0 Å². The minimum Gasteiger partial charge on any atom is -0.371 e. The summed E-state index contributed by atoms with van der Waals surface area (Å²) < 4.78 is 37.4. The normalized spacial score (nSPS) is 12.6. The standard InChI is InChI=1S/C15H15F3N4O/c1-9(15(16,17)18)22-14(23)11-5-3-10(4-6-11)12-13(19-2)21-8-7-20-12/h3-9H,1-2H3,(H,19,21)(H,22,23). The van der Waals surface area contributed by atoms with Crippen molar-refractivity contribution >= 4 is 11.7 Å². The molecule has 2 rings (SSSR count). The number of amides is 1. The Kier molecular flexibility index (Phi) is 4.83. The lowest BCUT2D eigenvalue weighted by Gasteiger charge is -2.17. The van der Waals surface area contributed by atoms with E-state index in [0.29, 0.717) is 17.1 Å². The summed E-state index contributed by atoms with van der Waals surface area (Å²) in [6.07, 6.45) is -1.41. The molecule has 1 unspecified atom stereocenters. The number of alkyl halides is 3. The second-order valence-corrected chi connectivity index (χ2v) is 4.82. The fourth-order valence-corrected chi connectivity index (χ4v) is 1.87. The van der Waals surface area contributed by atoms with Crippen molar-refractivity contribution < 1.29 is 18.0 Å². The van der Waals surface area contributed by atoms with E-state index >= 15 is 0 Å². The SMILES string of the molecule is CNc1nccnc1-c1ccc(C(=O)NC(C)C(F)(F)F)cc1. The Hall–Kier alpha value is -2.64. The number of benzene rings is 1. The molecule has 0 aliphatic carbocycles. The number of hydrogen-bond donors (Lipinski definition) is 2. The van der Waals surface area contributed by atoms with Crippen LogP contribution < -0.4 is 10.6 Å². The predicted molar refractivity (Wildman–Crippen MR) is 80.0 cm³/mol. The molecule has 2 aromatic rings. The molecule has 1 atom stereocenters. The van der Waals surface area contributed by atoms with Crippen LogP contribution in [0.15, 0.2) is 36.7 Å².